The Bertz CT molecular complexity index is 211. The third-order valence-corrected chi connectivity index (χ3v) is 2.51. The van der Waals surface area contributed by atoms with Gasteiger partial charge in [0.25, 0.3) is 0 Å². The van der Waals surface area contributed by atoms with Crippen LogP contribution in [0.25, 0.3) is 0 Å². The second-order valence-electron chi connectivity index (χ2n) is 4.24. The SMILES string of the molecule is CCCCCCCCCC(C)=NNC(=N)N. The maximum Gasteiger partial charge on any atom is 0.206 e. The van der Waals surface area contributed by atoms with Gasteiger partial charge in [0, 0.05) is 5.71 Å². The summed E-state index contributed by atoms with van der Waals surface area (Å²) in [6.45, 7) is 4.20. The van der Waals surface area contributed by atoms with Crippen LogP contribution in [0.4, 0.5) is 0 Å². The molecule has 0 aromatic carbocycles. The molecule has 4 heteroatoms. The van der Waals surface area contributed by atoms with E-state index < -0.39 is 0 Å². The molecule has 0 aliphatic rings. The Labute approximate surface area is 99.2 Å². The smallest absolute Gasteiger partial charge is 0.206 e. The van der Waals surface area contributed by atoms with Gasteiger partial charge >= 0.3 is 0 Å². The van der Waals surface area contributed by atoms with E-state index in [1.54, 1.807) is 0 Å². The fourth-order valence-electron chi connectivity index (χ4n) is 1.55. The Balaban J connectivity index is 3.30. The van der Waals surface area contributed by atoms with Gasteiger partial charge in [-0.05, 0) is 19.8 Å². The Morgan fingerprint density at radius 2 is 1.69 bits per heavy atom. The molecule has 0 aromatic heterocycles. The van der Waals surface area contributed by atoms with Crippen LogP contribution in [0.15, 0.2) is 5.10 Å². The third kappa shape index (κ3) is 11.0. The summed E-state index contributed by atoms with van der Waals surface area (Å²) in [7, 11) is 0. The van der Waals surface area contributed by atoms with Crippen LogP contribution >= 0.6 is 0 Å². The highest BCUT2D eigenvalue weighted by atomic mass is 15.3. The van der Waals surface area contributed by atoms with Crippen LogP contribution in [0.5, 0.6) is 0 Å². The zero-order valence-corrected chi connectivity index (χ0v) is 10.7. The quantitative estimate of drug-likeness (QED) is 0.245. The van der Waals surface area contributed by atoms with Gasteiger partial charge in [0.1, 0.15) is 0 Å². The summed E-state index contributed by atoms with van der Waals surface area (Å²) in [5.74, 6) is -0.0982. The van der Waals surface area contributed by atoms with E-state index in [1.165, 1.54) is 44.9 Å². The number of rotatable bonds is 9. The minimum Gasteiger partial charge on any atom is -0.369 e. The van der Waals surface area contributed by atoms with E-state index in [4.69, 9.17) is 11.1 Å². The van der Waals surface area contributed by atoms with E-state index in [0.717, 1.165) is 12.1 Å². The molecule has 0 aliphatic heterocycles. The summed E-state index contributed by atoms with van der Waals surface area (Å²) >= 11 is 0. The lowest BCUT2D eigenvalue weighted by atomic mass is 10.1. The molecule has 0 saturated carbocycles. The van der Waals surface area contributed by atoms with Gasteiger partial charge in [-0.3, -0.25) is 5.41 Å². The van der Waals surface area contributed by atoms with Crippen molar-refractivity contribution in [2.45, 2.75) is 65.2 Å². The molecular weight excluding hydrogens is 200 g/mol. The monoisotopic (exact) mass is 226 g/mol. The number of unbranched alkanes of at least 4 members (excludes halogenated alkanes) is 6. The second-order valence-corrected chi connectivity index (χ2v) is 4.24. The fraction of sp³-hybridized carbons (Fsp3) is 0.833. The van der Waals surface area contributed by atoms with Crippen molar-refractivity contribution < 1.29 is 0 Å². The molecule has 0 saturated heterocycles. The molecule has 0 aliphatic carbocycles. The first-order chi connectivity index (χ1) is 7.66. The number of nitrogens with zero attached hydrogens (tertiary/aromatic N) is 1. The van der Waals surface area contributed by atoms with Gasteiger partial charge in [-0.25, -0.2) is 5.43 Å². The number of hydrogen-bond acceptors (Lipinski definition) is 2. The Hall–Kier alpha value is -1.06. The van der Waals surface area contributed by atoms with Crippen LogP contribution in [-0.4, -0.2) is 11.7 Å². The van der Waals surface area contributed by atoms with Crippen molar-refractivity contribution in [3.05, 3.63) is 0 Å². The molecule has 16 heavy (non-hydrogen) atoms. The summed E-state index contributed by atoms with van der Waals surface area (Å²) in [5.41, 5.74) is 8.61. The number of nitrogens with two attached hydrogens (primary N) is 1. The van der Waals surface area contributed by atoms with E-state index in [1.807, 2.05) is 6.92 Å². The van der Waals surface area contributed by atoms with Crippen molar-refractivity contribution in [1.29, 1.82) is 5.41 Å². The molecule has 4 N–H and O–H groups in total. The van der Waals surface area contributed by atoms with Crippen molar-refractivity contribution in [2.75, 3.05) is 0 Å². The minimum atomic E-state index is -0.0982. The molecule has 0 aromatic rings. The predicted molar refractivity (Wildman–Crippen MR) is 70.8 cm³/mol. The first kappa shape index (κ1) is 14.9. The molecule has 0 spiro atoms. The molecule has 0 fully saturated rings. The maximum atomic E-state index is 6.95. The average molecular weight is 226 g/mol. The van der Waals surface area contributed by atoms with Gasteiger partial charge in [0.05, 0.1) is 0 Å². The van der Waals surface area contributed by atoms with Crippen molar-refractivity contribution in [3.8, 4) is 0 Å². The van der Waals surface area contributed by atoms with Crippen LogP contribution in [0, 0.1) is 5.41 Å². The van der Waals surface area contributed by atoms with Crippen LogP contribution in [0.1, 0.15) is 65.2 Å². The molecule has 0 unspecified atom stereocenters. The highest BCUT2D eigenvalue weighted by molar-refractivity contribution is 5.83. The van der Waals surface area contributed by atoms with Crippen LogP contribution in [0.2, 0.25) is 0 Å². The summed E-state index contributed by atoms with van der Waals surface area (Å²) in [4.78, 5) is 0. The minimum absolute atomic E-state index is 0.0982. The number of hydrogen-bond donors (Lipinski definition) is 3. The van der Waals surface area contributed by atoms with Gasteiger partial charge in [-0.1, -0.05) is 45.4 Å². The van der Waals surface area contributed by atoms with Crippen LogP contribution < -0.4 is 11.2 Å². The zero-order valence-electron chi connectivity index (χ0n) is 10.7. The zero-order chi connectivity index (χ0) is 12.2. The van der Waals surface area contributed by atoms with E-state index >= 15 is 0 Å². The Kier molecular flexibility index (Phi) is 9.76. The molecule has 0 atom stereocenters. The Morgan fingerprint density at radius 3 is 2.25 bits per heavy atom. The number of nitrogens with one attached hydrogen (secondary N) is 2. The highest BCUT2D eigenvalue weighted by Gasteiger charge is 1.94. The van der Waals surface area contributed by atoms with Crippen LogP contribution in [0.3, 0.4) is 0 Å². The molecule has 0 amide bonds. The maximum absolute atomic E-state index is 6.95. The number of guanidine groups is 1. The normalized spacial score (nSPS) is 11.5. The third-order valence-electron chi connectivity index (χ3n) is 2.51. The standard InChI is InChI=1S/C12H26N4/c1-3-4-5-6-7-8-9-10-11(2)15-16-12(13)14/h3-10H2,1-2H3,(H4,13,14,16). The molecule has 0 radical (unpaired) electrons. The van der Waals surface area contributed by atoms with E-state index in [2.05, 4.69) is 17.5 Å². The summed E-state index contributed by atoms with van der Waals surface area (Å²) in [5, 5.41) is 10.9. The first-order valence-corrected chi connectivity index (χ1v) is 6.30. The van der Waals surface area contributed by atoms with Gasteiger partial charge in [0.15, 0.2) is 0 Å². The summed E-state index contributed by atoms with van der Waals surface area (Å²) < 4.78 is 0. The molecule has 0 rings (SSSR count). The van der Waals surface area contributed by atoms with E-state index in [9.17, 15) is 0 Å². The summed E-state index contributed by atoms with van der Waals surface area (Å²) in [6.07, 6.45) is 10.2. The average Bonchev–Trinajstić information content (AvgIpc) is 2.25. The van der Waals surface area contributed by atoms with Crippen molar-refractivity contribution in [2.24, 2.45) is 10.8 Å². The van der Waals surface area contributed by atoms with Crippen molar-refractivity contribution in [1.82, 2.24) is 5.43 Å². The largest absolute Gasteiger partial charge is 0.369 e. The van der Waals surface area contributed by atoms with Gasteiger partial charge < -0.3 is 5.73 Å². The molecule has 94 valence electrons. The van der Waals surface area contributed by atoms with Gasteiger partial charge in [-0.2, -0.15) is 5.10 Å². The van der Waals surface area contributed by atoms with E-state index in [0.29, 0.717) is 0 Å². The number of hydrazone groups is 1. The van der Waals surface area contributed by atoms with Gasteiger partial charge in [0.2, 0.25) is 5.96 Å². The molecule has 0 heterocycles. The van der Waals surface area contributed by atoms with Crippen molar-refractivity contribution in [3.63, 3.8) is 0 Å². The van der Waals surface area contributed by atoms with Gasteiger partial charge in [-0.15, -0.1) is 0 Å². The molecule has 0 bridgehead atoms. The summed E-state index contributed by atoms with van der Waals surface area (Å²) in [6, 6.07) is 0. The highest BCUT2D eigenvalue weighted by Crippen LogP contribution is 2.08. The molecule has 4 nitrogen and oxygen atoms in total. The second kappa shape index (κ2) is 10.5. The predicted octanol–water partition coefficient (Wildman–Crippen LogP) is 2.99. The lowest BCUT2D eigenvalue weighted by Crippen LogP contribution is -2.26. The fourth-order valence-corrected chi connectivity index (χ4v) is 1.55. The van der Waals surface area contributed by atoms with Crippen molar-refractivity contribution >= 4 is 11.7 Å². The first-order valence-electron chi connectivity index (χ1n) is 6.30. The van der Waals surface area contributed by atoms with Crippen LogP contribution in [-0.2, 0) is 0 Å². The topological polar surface area (TPSA) is 74.3 Å². The Morgan fingerprint density at radius 1 is 1.12 bits per heavy atom. The lowest BCUT2D eigenvalue weighted by Gasteiger charge is -2.02. The lowest BCUT2D eigenvalue weighted by molar-refractivity contribution is 0.595. The molecular formula is C12H26N4. The van der Waals surface area contributed by atoms with E-state index in [-0.39, 0.29) is 5.96 Å².